The van der Waals surface area contributed by atoms with Crippen molar-refractivity contribution >= 4 is 0 Å². The van der Waals surface area contributed by atoms with Crippen LogP contribution in [0.2, 0.25) is 0 Å². The van der Waals surface area contributed by atoms with Crippen LogP contribution in [-0.2, 0) is 0 Å². The van der Waals surface area contributed by atoms with Crippen molar-refractivity contribution in [2.45, 2.75) is 19.3 Å². The second kappa shape index (κ2) is 15.4. The van der Waals surface area contributed by atoms with E-state index in [1.807, 2.05) is 0 Å². The molecule has 0 atom stereocenters. The van der Waals surface area contributed by atoms with Gasteiger partial charge in [-0.3, -0.25) is 0 Å². The average molecular weight is 620 g/mol. The van der Waals surface area contributed by atoms with Gasteiger partial charge in [0, 0.05) is 0 Å². The van der Waals surface area contributed by atoms with Gasteiger partial charge in [0.1, 0.15) is 0 Å². The monoisotopic (exact) mass is 619 g/mol. The molecule has 1 saturated heterocycles. The first-order valence-corrected chi connectivity index (χ1v) is 17.2. The van der Waals surface area contributed by atoms with E-state index in [1.54, 1.807) is 0 Å². The van der Waals surface area contributed by atoms with Crippen LogP contribution < -0.4 is 5.32 Å². The minimum absolute atomic E-state index is 1.20. The molecule has 8 rings (SSSR count). The smallest absolute Gasteiger partial charge is 0.00139 e. The normalized spacial score (nSPS) is 12.5. The molecule has 0 unspecified atom stereocenters. The third kappa shape index (κ3) is 6.79. The van der Waals surface area contributed by atoms with Gasteiger partial charge in [-0.25, -0.2) is 0 Å². The van der Waals surface area contributed by atoms with Crippen molar-refractivity contribution in [3.8, 4) is 66.8 Å². The summed E-state index contributed by atoms with van der Waals surface area (Å²) in [6.45, 7) is 2.50. The standard InChI is InChI=1S/C42H30.C5H11N/c1-7-19-31(20-8-1)37-38(32-21-9-2-10-22-32)40(34-25-13-4-14-26-34)42(36-29-17-6-18-30-36)41(35-27-15-5-16-28-35)39(37)33-23-11-3-12-24-33;1-2-4-6-5-3-1/h1-30H;6H,1-5H2. The maximum Gasteiger partial charge on any atom is -0.00139 e. The molecule has 0 amide bonds. The van der Waals surface area contributed by atoms with E-state index in [1.165, 1.54) is 99.1 Å². The number of piperidine rings is 1. The third-order valence-electron chi connectivity index (χ3n) is 9.08. The summed E-state index contributed by atoms with van der Waals surface area (Å²) in [7, 11) is 0. The van der Waals surface area contributed by atoms with Crippen LogP contribution in [0.15, 0.2) is 182 Å². The van der Waals surface area contributed by atoms with E-state index in [2.05, 4.69) is 187 Å². The molecule has 0 aromatic heterocycles. The van der Waals surface area contributed by atoms with Crippen LogP contribution >= 0.6 is 0 Å². The minimum atomic E-state index is 1.20. The first-order valence-electron chi connectivity index (χ1n) is 17.2. The lowest BCUT2D eigenvalue weighted by Gasteiger charge is -2.28. The number of benzene rings is 7. The van der Waals surface area contributed by atoms with E-state index in [4.69, 9.17) is 0 Å². The zero-order valence-corrected chi connectivity index (χ0v) is 27.4. The summed E-state index contributed by atoms with van der Waals surface area (Å²) in [5, 5.41) is 3.28. The average Bonchev–Trinajstić information content (AvgIpc) is 3.19. The Morgan fingerprint density at radius 2 is 0.417 bits per heavy atom. The van der Waals surface area contributed by atoms with Gasteiger partial charge in [-0.2, -0.15) is 0 Å². The SMILES string of the molecule is C1CCNCC1.c1ccc(-c2c(-c3ccccc3)c(-c3ccccc3)c(-c3ccccc3)c(-c3ccccc3)c2-c2ccccc2)cc1. The number of hydrogen-bond donors (Lipinski definition) is 1. The van der Waals surface area contributed by atoms with E-state index in [0.29, 0.717) is 0 Å². The second-order valence-electron chi connectivity index (χ2n) is 12.3. The molecular weight excluding hydrogens is 579 g/mol. The maximum atomic E-state index is 3.28. The fourth-order valence-corrected chi connectivity index (χ4v) is 6.91. The molecule has 1 N–H and O–H groups in total. The molecule has 0 saturated carbocycles. The predicted octanol–water partition coefficient (Wildman–Crippen LogP) is 12.4. The van der Waals surface area contributed by atoms with Gasteiger partial charge in [-0.15, -0.1) is 0 Å². The molecule has 48 heavy (non-hydrogen) atoms. The van der Waals surface area contributed by atoms with Gasteiger partial charge >= 0.3 is 0 Å². The van der Waals surface area contributed by atoms with Crippen molar-refractivity contribution in [2.24, 2.45) is 0 Å². The van der Waals surface area contributed by atoms with Crippen LogP contribution in [-0.4, -0.2) is 13.1 Å². The van der Waals surface area contributed by atoms with Crippen LogP contribution in [0.4, 0.5) is 0 Å². The van der Waals surface area contributed by atoms with Gasteiger partial charge < -0.3 is 5.32 Å². The molecule has 0 radical (unpaired) electrons. The summed E-state index contributed by atoms with van der Waals surface area (Å²) in [5.41, 5.74) is 14.6. The molecule has 1 heteroatoms. The summed E-state index contributed by atoms with van der Waals surface area (Å²) in [5.74, 6) is 0. The van der Waals surface area contributed by atoms with Gasteiger partial charge in [0.15, 0.2) is 0 Å². The van der Waals surface area contributed by atoms with Crippen LogP contribution in [0.3, 0.4) is 0 Å². The van der Waals surface area contributed by atoms with Crippen molar-refractivity contribution in [3.63, 3.8) is 0 Å². The van der Waals surface area contributed by atoms with E-state index in [0.717, 1.165) is 0 Å². The first kappa shape index (κ1) is 31.1. The largest absolute Gasteiger partial charge is 0.317 e. The Morgan fingerprint density at radius 1 is 0.229 bits per heavy atom. The topological polar surface area (TPSA) is 12.0 Å². The molecular formula is C47H41N. The summed E-state index contributed by atoms with van der Waals surface area (Å²) in [6, 6.07) is 65.4. The Hall–Kier alpha value is -5.50. The van der Waals surface area contributed by atoms with Crippen molar-refractivity contribution in [2.75, 3.05) is 13.1 Å². The van der Waals surface area contributed by atoms with Crippen molar-refractivity contribution in [1.29, 1.82) is 0 Å². The van der Waals surface area contributed by atoms with Crippen molar-refractivity contribution in [1.82, 2.24) is 5.32 Å². The number of hydrogen-bond acceptors (Lipinski definition) is 1. The highest BCUT2D eigenvalue weighted by molar-refractivity contribution is 6.15. The summed E-state index contributed by atoms with van der Waals surface area (Å²) in [4.78, 5) is 0. The Bertz CT molecular complexity index is 1610. The van der Waals surface area contributed by atoms with E-state index in [-0.39, 0.29) is 0 Å². The Labute approximate surface area is 285 Å². The van der Waals surface area contributed by atoms with Crippen molar-refractivity contribution < 1.29 is 0 Å². The lowest BCUT2D eigenvalue weighted by molar-refractivity contribution is 0.520. The first-order chi connectivity index (χ1) is 23.9. The molecule has 0 bridgehead atoms. The molecule has 1 aliphatic rings. The molecule has 1 heterocycles. The van der Waals surface area contributed by atoms with Gasteiger partial charge in [-0.05, 0) is 92.7 Å². The molecule has 1 fully saturated rings. The van der Waals surface area contributed by atoms with Gasteiger partial charge in [0.25, 0.3) is 0 Å². The molecule has 0 aliphatic carbocycles. The van der Waals surface area contributed by atoms with Gasteiger partial charge in [-0.1, -0.05) is 188 Å². The van der Waals surface area contributed by atoms with Crippen LogP contribution in [0, 0.1) is 0 Å². The van der Waals surface area contributed by atoms with E-state index >= 15 is 0 Å². The Morgan fingerprint density at radius 3 is 0.542 bits per heavy atom. The minimum Gasteiger partial charge on any atom is -0.317 e. The fraction of sp³-hybridized carbons (Fsp3) is 0.106. The molecule has 0 spiro atoms. The van der Waals surface area contributed by atoms with Gasteiger partial charge in [0.2, 0.25) is 0 Å². The molecule has 1 nitrogen and oxygen atoms in total. The van der Waals surface area contributed by atoms with E-state index in [9.17, 15) is 0 Å². The summed E-state index contributed by atoms with van der Waals surface area (Å²) >= 11 is 0. The fourth-order valence-electron chi connectivity index (χ4n) is 6.91. The summed E-state index contributed by atoms with van der Waals surface area (Å²) < 4.78 is 0. The maximum absolute atomic E-state index is 3.28. The predicted molar refractivity (Wildman–Crippen MR) is 206 cm³/mol. The lowest BCUT2D eigenvalue weighted by Crippen LogP contribution is -2.21. The molecule has 234 valence electrons. The number of nitrogens with one attached hydrogen (secondary N) is 1. The van der Waals surface area contributed by atoms with Crippen molar-refractivity contribution in [3.05, 3.63) is 182 Å². The second-order valence-corrected chi connectivity index (χ2v) is 12.3. The van der Waals surface area contributed by atoms with Gasteiger partial charge in [0.05, 0.1) is 0 Å². The zero-order chi connectivity index (χ0) is 32.4. The molecule has 7 aromatic carbocycles. The highest BCUT2D eigenvalue weighted by Gasteiger charge is 2.28. The highest BCUT2D eigenvalue weighted by Crippen LogP contribution is 2.55. The quantitative estimate of drug-likeness (QED) is 0.195. The molecule has 1 aliphatic heterocycles. The summed E-state index contributed by atoms with van der Waals surface area (Å²) in [6.07, 6.45) is 4.22. The van der Waals surface area contributed by atoms with E-state index < -0.39 is 0 Å². The lowest BCUT2D eigenvalue weighted by atomic mass is 9.74. The zero-order valence-electron chi connectivity index (χ0n) is 27.4. The Kier molecular flexibility index (Phi) is 9.98. The molecule has 7 aromatic rings. The van der Waals surface area contributed by atoms with Crippen LogP contribution in [0.5, 0.6) is 0 Å². The Balaban J connectivity index is 0.000000550. The van der Waals surface area contributed by atoms with Crippen LogP contribution in [0.25, 0.3) is 66.8 Å². The van der Waals surface area contributed by atoms with Crippen LogP contribution in [0.1, 0.15) is 19.3 Å². The third-order valence-corrected chi connectivity index (χ3v) is 9.08. The number of rotatable bonds is 6. The highest BCUT2D eigenvalue weighted by atomic mass is 14.9.